The number of hydrogen-bond donors (Lipinski definition) is 3. The number of nitrogens with one attached hydrogen (secondary N) is 2. The second-order valence-electron chi connectivity index (χ2n) is 6.10. The van der Waals surface area contributed by atoms with Crippen molar-refractivity contribution in [1.29, 1.82) is 0 Å². The first-order valence-electron chi connectivity index (χ1n) is 8.24. The summed E-state index contributed by atoms with van der Waals surface area (Å²) in [6.45, 7) is 2.57. The lowest BCUT2D eigenvalue weighted by atomic mass is 10.2. The van der Waals surface area contributed by atoms with Crippen LogP contribution in [0.25, 0.3) is 10.8 Å². The number of pyridine rings is 1. The van der Waals surface area contributed by atoms with Gasteiger partial charge in [-0.05, 0) is 42.0 Å². The Balaban J connectivity index is 1.57. The van der Waals surface area contributed by atoms with Gasteiger partial charge in [0.25, 0.3) is 0 Å². The molecular weight excluding hydrogens is 370 g/mol. The molecule has 0 aliphatic heterocycles. The molecule has 0 saturated heterocycles. The first-order chi connectivity index (χ1) is 12.5. The lowest BCUT2D eigenvalue weighted by Crippen LogP contribution is -2.40. The van der Waals surface area contributed by atoms with Crippen LogP contribution in [0.1, 0.15) is 17.9 Å². The number of benzene rings is 1. The molecule has 0 radical (unpaired) electrons. The average Bonchev–Trinajstić information content (AvgIpc) is 3.15. The molecule has 2 heterocycles. The molecule has 2 atom stereocenters. The van der Waals surface area contributed by atoms with Crippen LogP contribution in [0.5, 0.6) is 0 Å². The molecule has 3 aromatic rings. The van der Waals surface area contributed by atoms with E-state index in [-0.39, 0.29) is 10.9 Å². The maximum Gasteiger partial charge on any atom is 0.240 e. The predicted molar refractivity (Wildman–Crippen MR) is 104 cm³/mol. The van der Waals surface area contributed by atoms with E-state index in [1.807, 2.05) is 17.5 Å². The van der Waals surface area contributed by atoms with Gasteiger partial charge >= 0.3 is 0 Å². The van der Waals surface area contributed by atoms with Crippen molar-refractivity contribution < 1.29 is 13.5 Å². The summed E-state index contributed by atoms with van der Waals surface area (Å²) >= 11 is 1.49. The number of nitrogens with zero attached hydrogens (tertiary/aromatic N) is 1. The first kappa shape index (κ1) is 18.9. The van der Waals surface area contributed by atoms with Crippen molar-refractivity contribution in [2.75, 3.05) is 13.1 Å². The van der Waals surface area contributed by atoms with Gasteiger partial charge in [-0.2, -0.15) is 0 Å². The summed E-state index contributed by atoms with van der Waals surface area (Å²) in [5, 5.41) is 16.8. The number of rotatable bonds is 8. The van der Waals surface area contributed by atoms with E-state index < -0.39 is 16.1 Å². The fourth-order valence-electron chi connectivity index (χ4n) is 2.62. The number of aliphatic hydroxyl groups is 1. The maximum absolute atomic E-state index is 12.6. The van der Waals surface area contributed by atoms with E-state index in [1.54, 1.807) is 43.6 Å². The lowest BCUT2D eigenvalue weighted by molar-refractivity contribution is 0.178. The highest BCUT2D eigenvalue weighted by molar-refractivity contribution is 7.89. The minimum atomic E-state index is -3.62. The van der Waals surface area contributed by atoms with Crippen molar-refractivity contribution in [3.05, 3.63) is 59.0 Å². The van der Waals surface area contributed by atoms with E-state index >= 15 is 0 Å². The molecule has 0 aliphatic carbocycles. The topological polar surface area (TPSA) is 91.3 Å². The van der Waals surface area contributed by atoms with E-state index in [2.05, 4.69) is 15.0 Å². The number of aliphatic hydroxyl groups excluding tert-OH is 1. The molecule has 0 saturated carbocycles. The van der Waals surface area contributed by atoms with Crippen molar-refractivity contribution in [1.82, 2.24) is 15.0 Å². The second kappa shape index (κ2) is 8.24. The van der Waals surface area contributed by atoms with Crippen LogP contribution in [0.2, 0.25) is 0 Å². The second-order valence-corrected chi connectivity index (χ2v) is 8.79. The van der Waals surface area contributed by atoms with E-state index in [9.17, 15) is 13.5 Å². The molecule has 1 unspecified atom stereocenters. The molecule has 1 aromatic carbocycles. The molecule has 26 heavy (non-hydrogen) atoms. The van der Waals surface area contributed by atoms with Crippen LogP contribution in [0, 0.1) is 0 Å². The van der Waals surface area contributed by atoms with Gasteiger partial charge in [-0.25, -0.2) is 13.1 Å². The van der Waals surface area contributed by atoms with E-state index in [0.29, 0.717) is 13.1 Å². The average molecular weight is 392 g/mol. The Morgan fingerprint density at radius 1 is 1.19 bits per heavy atom. The largest absolute Gasteiger partial charge is 0.386 e. The quantitative estimate of drug-likeness (QED) is 0.548. The zero-order valence-electron chi connectivity index (χ0n) is 14.3. The van der Waals surface area contributed by atoms with Crippen molar-refractivity contribution >= 4 is 32.1 Å². The van der Waals surface area contributed by atoms with Gasteiger partial charge in [0.2, 0.25) is 10.0 Å². The normalized spacial score (nSPS) is 14.4. The number of sulfonamides is 1. The third kappa shape index (κ3) is 4.66. The molecule has 0 aliphatic rings. The third-order valence-corrected chi connectivity index (χ3v) is 6.50. The van der Waals surface area contributed by atoms with Crippen molar-refractivity contribution in [2.24, 2.45) is 0 Å². The highest BCUT2D eigenvalue weighted by atomic mass is 32.2. The van der Waals surface area contributed by atoms with Gasteiger partial charge < -0.3 is 10.4 Å². The summed E-state index contributed by atoms with van der Waals surface area (Å²) in [6.07, 6.45) is 2.75. The van der Waals surface area contributed by atoms with Crippen molar-refractivity contribution in [3.63, 3.8) is 0 Å². The molecule has 0 spiro atoms. The number of thiophene rings is 1. The van der Waals surface area contributed by atoms with Gasteiger partial charge in [0, 0.05) is 41.8 Å². The molecule has 2 aromatic heterocycles. The summed E-state index contributed by atoms with van der Waals surface area (Å²) in [5.74, 6) is 0. The zero-order chi connectivity index (χ0) is 18.6. The molecule has 6 nitrogen and oxygen atoms in total. The maximum atomic E-state index is 12.6. The van der Waals surface area contributed by atoms with Crippen molar-refractivity contribution in [2.45, 2.75) is 24.0 Å². The van der Waals surface area contributed by atoms with Gasteiger partial charge in [-0.15, -0.1) is 11.3 Å². The molecule has 8 heteroatoms. The predicted octanol–water partition coefficient (Wildman–Crippen LogP) is 2.29. The van der Waals surface area contributed by atoms with Gasteiger partial charge in [0.05, 0.1) is 4.90 Å². The molecule has 3 rings (SSSR count). The van der Waals surface area contributed by atoms with Crippen LogP contribution in [0.15, 0.2) is 59.1 Å². The first-order valence-corrected chi connectivity index (χ1v) is 10.6. The SMILES string of the molecule is C[C@H](CNCC(O)c1cccs1)NS(=O)(=O)c1ccc2cnccc2c1. The Kier molecular flexibility index (Phi) is 6.00. The van der Waals surface area contributed by atoms with Crippen LogP contribution in [-0.4, -0.2) is 37.6 Å². The Morgan fingerprint density at radius 2 is 2.04 bits per heavy atom. The van der Waals surface area contributed by atoms with E-state index in [1.165, 1.54) is 11.3 Å². The summed E-state index contributed by atoms with van der Waals surface area (Å²) in [5.41, 5.74) is 0. The molecule has 3 N–H and O–H groups in total. The zero-order valence-corrected chi connectivity index (χ0v) is 15.9. The number of fused-ring (bicyclic) bond motifs is 1. The molecular formula is C18H21N3O3S2. The monoisotopic (exact) mass is 391 g/mol. The Morgan fingerprint density at radius 3 is 2.81 bits per heavy atom. The number of aromatic nitrogens is 1. The highest BCUT2D eigenvalue weighted by Gasteiger charge is 2.18. The summed E-state index contributed by atoms with van der Waals surface area (Å²) in [4.78, 5) is 5.14. The summed E-state index contributed by atoms with van der Waals surface area (Å²) in [7, 11) is -3.62. The van der Waals surface area contributed by atoms with Crippen LogP contribution < -0.4 is 10.0 Å². The molecule has 0 fully saturated rings. The summed E-state index contributed by atoms with van der Waals surface area (Å²) < 4.78 is 27.8. The molecule has 138 valence electrons. The molecule has 0 bridgehead atoms. The standard InChI is InChI=1S/C18H21N3O3S2/c1-13(10-20-12-17(22)18-3-2-8-25-18)21-26(23,24)16-5-4-15-11-19-7-6-14(15)9-16/h2-9,11,13,17,20-22H,10,12H2,1H3/t13-,17?/m1/s1. The minimum Gasteiger partial charge on any atom is -0.386 e. The Bertz CT molecular complexity index is 959. The fraction of sp³-hybridized carbons (Fsp3) is 0.278. The lowest BCUT2D eigenvalue weighted by Gasteiger charge is -2.17. The smallest absolute Gasteiger partial charge is 0.240 e. The fourth-order valence-corrected chi connectivity index (χ4v) is 4.61. The number of hydrogen-bond acceptors (Lipinski definition) is 6. The highest BCUT2D eigenvalue weighted by Crippen LogP contribution is 2.19. The van der Waals surface area contributed by atoms with Crippen LogP contribution in [-0.2, 0) is 10.0 Å². The summed E-state index contributed by atoms with van der Waals surface area (Å²) in [6, 6.07) is 10.2. The Hall–Kier alpha value is -1.84. The third-order valence-electron chi connectivity index (χ3n) is 3.94. The van der Waals surface area contributed by atoms with Crippen LogP contribution in [0.4, 0.5) is 0 Å². The Labute approximate surface area is 157 Å². The van der Waals surface area contributed by atoms with Gasteiger partial charge in [-0.3, -0.25) is 4.98 Å². The van der Waals surface area contributed by atoms with Gasteiger partial charge in [0.15, 0.2) is 0 Å². The van der Waals surface area contributed by atoms with Crippen LogP contribution >= 0.6 is 11.3 Å². The van der Waals surface area contributed by atoms with Gasteiger partial charge in [0.1, 0.15) is 6.10 Å². The van der Waals surface area contributed by atoms with E-state index in [0.717, 1.165) is 15.6 Å². The van der Waals surface area contributed by atoms with E-state index in [4.69, 9.17) is 0 Å². The molecule has 0 amide bonds. The van der Waals surface area contributed by atoms with Crippen molar-refractivity contribution in [3.8, 4) is 0 Å². The minimum absolute atomic E-state index is 0.224. The van der Waals surface area contributed by atoms with Crippen LogP contribution in [0.3, 0.4) is 0 Å². The van der Waals surface area contributed by atoms with Gasteiger partial charge in [-0.1, -0.05) is 12.1 Å².